The van der Waals surface area contributed by atoms with Gasteiger partial charge in [0.05, 0.1) is 45.4 Å². The average molecular weight is 813 g/mol. The molecule has 0 bridgehead atoms. The number of halogens is 6. The molecule has 0 spiro atoms. The van der Waals surface area contributed by atoms with Gasteiger partial charge in [-0.3, -0.25) is 0 Å². The predicted octanol–water partition coefficient (Wildman–Crippen LogP) is 13.1. The highest BCUT2D eigenvalue weighted by Crippen LogP contribution is 2.43. The van der Waals surface area contributed by atoms with Crippen LogP contribution in [0.5, 0.6) is 0 Å². The first-order valence-electron chi connectivity index (χ1n) is 18.7. The highest BCUT2D eigenvalue weighted by atomic mass is 19.4. The van der Waals surface area contributed by atoms with Crippen LogP contribution in [0.15, 0.2) is 158 Å². The quantitative estimate of drug-likeness (QED) is 0.156. The fourth-order valence-electron chi connectivity index (χ4n) is 7.50. The SMILES string of the molecule is N#Cc1cc(C#N)cc(-c2ccc3c(c2)c2ccccc2n3-c2ccc(-c3nc(-c4ccccc4)nc(-c4ccccc4)n3)c(-c3cc(C(F)(F)F)cc(C(F)(F)F)c3)c2)c1. The summed E-state index contributed by atoms with van der Waals surface area (Å²) in [5, 5.41) is 20.8. The Hall–Kier alpha value is -8.09. The largest absolute Gasteiger partial charge is 0.416 e. The van der Waals surface area contributed by atoms with Crippen molar-refractivity contribution in [3.05, 3.63) is 180 Å². The van der Waals surface area contributed by atoms with E-state index in [0.717, 1.165) is 16.3 Å². The van der Waals surface area contributed by atoms with Crippen molar-refractivity contribution in [3.8, 4) is 74.2 Å². The number of rotatable bonds is 6. The van der Waals surface area contributed by atoms with Crippen molar-refractivity contribution in [1.29, 1.82) is 10.5 Å². The summed E-state index contributed by atoms with van der Waals surface area (Å²) in [4.78, 5) is 14.3. The van der Waals surface area contributed by atoms with Crippen molar-refractivity contribution in [2.24, 2.45) is 0 Å². The molecule has 9 rings (SSSR count). The van der Waals surface area contributed by atoms with Crippen molar-refractivity contribution < 1.29 is 26.3 Å². The standard InChI is InChI=1S/C49H26F6N6/c50-48(51,52)36-22-35(23-37(25-36)49(53,54)55)41-26-38(16-17-40(41)47-59-45(31-9-3-1-4-10-31)58-46(60-47)32-11-5-2-6-12-32)61-43-14-8-7-13-39(43)42-24-33(15-18-44(42)61)34-20-29(27-56)19-30(21-34)28-57/h1-26H. The molecule has 0 aliphatic carbocycles. The Balaban J connectivity index is 1.32. The van der Waals surface area contributed by atoms with E-state index in [1.807, 2.05) is 59.2 Å². The van der Waals surface area contributed by atoms with Gasteiger partial charge in [-0.15, -0.1) is 0 Å². The van der Waals surface area contributed by atoms with Crippen molar-refractivity contribution in [2.75, 3.05) is 0 Å². The van der Waals surface area contributed by atoms with Gasteiger partial charge in [0.15, 0.2) is 17.5 Å². The third kappa shape index (κ3) is 7.32. The zero-order valence-corrected chi connectivity index (χ0v) is 31.5. The second kappa shape index (κ2) is 14.9. The van der Waals surface area contributed by atoms with E-state index >= 15 is 0 Å². The van der Waals surface area contributed by atoms with Crippen LogP contribution in [0.4, 0.5) is 26.3 Å². The van der Waals surface area contributed by atoms with Gasteiger partial charge in [0.25, 0.3) is 0 Å². The molecule has 0 aliphatic rings. The Morgan fingerprint density at radius 3 is 1.52 bits per heavy atom. The second-order valence-electron chi connectivity index (χ2n) is 14.2. The van der Waals surface area contributed by atoms with Gasteiger partial charge in [-0.25, -0.2) is 15.0 Å². The van der Waals surface area contributed by atoms with E-state index < -0.39 is 23.5 Å². The van der Waals surface area contributed by atoms with Crippen molar-refractivity contribution in [2.45, 2.75) is 12.4 Å². The van der Waals surface area contributed by atoms with Gasteiger partial charge in [-0.1, -0.05) is 84.9 Å². The minimum absolute atomic E-state index is 0.0122. The summed E-state index contributed by atoms with van der Waals surface area (Å²) in [7, 11) is 0. The van der Waals surface area contributed by atoms with Crippen molar-refractivity contribution in [1.82, 2.24) is 19.5 Å². The Kier molecular flexibility index (Phi) is 9.41. The molecular weight excluding hydrogens is 787 g/mol. The second-order valence-corrected chi connectivity index (χ2v) is 14.2. The molecule has 294 valence electrons. The van der Waals surface area contributed by atoms with E-state index in [9.17, 15) is 36.9 Å². The summed E-state index contributed by atoms with van der Waals surface area (Å²) >= 11 is 0. The summed E-state index contributed by atoms with van der Waals surface area (Å²) < 4.78 is 88.4. The monoisotopic (exact) mass is 812 g/mol. The first-order valence-corrected chi connectivity index (χ1v) is 18.7. The number of nitrogens with zero attached hydrogens (tertiary/aromatic N) is 6. The fourth-order valence-corrected chi connectivity index (χ4v) is 7.50. The number of alkyl halides is 6. The maximum Gasteiger partial charge on any atom is 0.416 e. The summed E-state index contributed by atoms with van der Waals surface area (Å²) in [6, 6.07) is 46.5. The van der Waals surface area contributed by atoms with Crippen LogP contribution in [0.1, 0.15) is 22.3 Å². The number of aromatic nitrogens is 4. The average Bonchev–Trinajstić information content (AvgIpc) is 3.62. The first kappa shape index (κ1) is 38.4. The van der Waals surface area contributed by atoms with Crippen molar-refractivity contribution in [3.63, 3.8) is 0 Å². The molecule has 0 aliphatic heterocycles. The van der Waals surface area contributed by atoms with Gasteiger partial charge < -0.3 is 4.57 Å². The molecule has 7 aromatic carbocycles. The molecule has 0 N–H and O–H groups in total. The minimum Gasteiger partial charge on any atom is -0.309 e. The molecule has 0 fully saturated rings. The lowest BCUT2D eigenvalue weighted by Gasteiger charge is -2.18. The van der Waals surface area contributed by atoms with Gasteiger partial charge in [0.2, 0.25) is 0 Å². The van der Waals surface area contributed by atoms with E-state index in [0.29, 0.717) is 56.7 Å². The van der Waals surface area contributed by atoms with Gasteiger partial charge in [0, 0.05) is 33.2 Å². The molecular formula is C49H26F6N6. The molecule has 61 heavy (non-hydrogen) atoms. The molecule has 0 atom stereocenters. The van der Waals surface area contributed by atoms with Gasteiger partial charge in [-0.2, -0.15) is 36.9 Å². The number of nitriles is 2. The minimum atomic E-state index is -5.10. The molecule has 12 heteroatoms. The number of para-hydroxylation sites is 1. The number of hydrogen-bond donors (Lipinski definition) is 0. The molecule has 0 unspecified atom stereocenters. The van der Waals surface area contributed by atoms with Crippen LogP contribution < -0.4 is 0 Å². The molecule has 2 heterocycles. The molecule has 0 radical (unpaired) electrons. The molecule has 0 saturated heterocycles. The third-order valence-corrected chi connectivity index (χ3v) is 10.3. The van der Waals surface area contributed by atoms with E-state index in [2.05, 4.69) is 12.1 Å². The highest BCUT2D eigenvalue weighted by molar-refractivity contribution is 6.10. The van der Waals surface area contributed by atoms with Gasteiger partial charge in [0.1, 0.15) is 0 Å². The van der Waals surface area contributed by atoms with E-state index in [1.165, 1.54) is 6.07 Å². The smallest absolute Gasteiger partial charge is 0.309 e. The van der Waals surface area contributed by atoms with Gasteiger partial charge >= 0.3 is 12.4 Å². The van der Waals surface area contributed by atoms with Gasteiger partial charge in [-0.05, 0) is 95.1 Å². The summed E-state index contributed by atoms with van der Waals surface area (Å²) in [5.74, 6) is 0.531. The molecule has 0 amide bonds. The topological polar surface area (TPSA) is 91.2 Å². The highest BCUT2D eigenvalue weighted by Gasteiger charge is 2.37. The lowest BCUT2D eigenvalue weighted by Crippen LogP contribution is -2.11. The molecule has 6 nitrogen and oxygen atoms in total. The Morgan fingerprint density at radius 1 is 0.410 bits per heavy atom. The maximum absolute atomic E-state index is 14.4. The summed E-state index contributed by atoms with van der Waals surface area (Å²) in [6.45, 7) is 0. The lowest BCUT2D eigenvalue weighted by atomic mass is 9.94. The molecule has 2 aromatic heterocycles. The lowest BCUT2D eigenvalue weighted by molar-refractivity contribution is -0.143. The zero-order valence-electron chi connectivity index (χ0n) is 31.5. The van der Waals surface area contributed by atoms with Crippen LogP contribution >= 0.6 is 0 Å². The molecule has 0 saturated carbocycles. The third-order valence-electron chi connectivity index (χ3n) is 10.3. The number of fused-ring (bicyclic) bond motifs is 3. The number of hydrogen-bond acceptors (Lipinski definition) is 5. The van der Waals surface area contributed by atoms with Crippen LogP contribution in [0.2, 0.25) is 0 Å². The number of benzene rings is 7. The van der Waals surface area contributed by atoms with Crippen LogP contribution in [-0.4, -0.2) is 19.5 Å². The molecule has 9 aromatic rings. The van der Waals surface area contributed by atoms with Crippen molar-refractivity contribution >= 4 is 21.8 Å². The summed E-state index contributed by atoms with van der Waals surface area (Å²) in [5.41, 5.74) is 1.95. The van der Waals surface area contributed by atoms with Crippen LogP contribution in [0, 0.1) is 22.7 Å². The zero-order chi connectivity index (χ0) is 42.5. The van der Waals surface area contributed by atoms with E-state index in [-0.39, 0.29) is 40.2 Å². The van der Waals surface area contributed by atoms with E-state index in [4.69, 9.17) is 15.0 Å². The Labute approximate surface area is 343 Å². The first-order chi connectivity index (χ1) is 29.4. The van der Waals surface area contributed by atoms with Crippen LogP contribution in [0.25, 0.3) is 83.9 Å². The maximum atomic E-state index is 14.4. The van der Waals surface area contributed by atoms with E-state index in [1.54, 1.807) is 78.9 Å². The predicted molar refractivity (Wildman–Crippen MR) is 221 cm³/mol. The summed E-state index contributed by atoms with van der Waals surface area (Å²) in [6.07, 6.45) is -10.2. The Bertz CT molecular complexity index is 3130. The van der Waals surface area contributed by atoms with Crippen LogP contribution in [0.3, 0.4) is 0 Å². The Morgan fingerprint density at radius 2 is 0.951 bits per heavy atom. The fraction of sp³-hybridized carbons (Fsp3) is 0.0408. The normalized spacial score (nSPS) is 11.7. The van der Waals surface area contributed by atoms with Crippen LogP contribution in [-0.2, 0) is 12.4 Å².